The molecule has 0 radical (unpaired) electrons. The Kier molecular flexibility index (Phi) is 3.93. The quantitative estimate of drug-likeness (QED) is 0.612. The van der Waals surface area contributed by atoms with E-state index in [1.165, 1.54) is 0 Å². The molecule has 15 heavy (non-hydrogen) atoms. The van der Waals surface area contributed by atoms with Gasteiger partial charge in [-0.3, -0.25) is 0 Å². The van der Waals surface area contributed by atoms with Crippen LogP contribution in [0.1, 0.15) is 20.8 Å². The van der Waals surface area contributed by atoms with Crippen molar-refractivity contribution in [1.82, 2.24) is 10.6 Å². The molecule has 5 heteroatoms. The zero-order valence-electron chi connectivity index (χ0n) is 9.54. The summed E-state index contributed by atoms with van der Waals surface area (Å²) in [6, 6.07) is 0. The first-order valence-electron chi connectivity index (χ1n) is 5.24. The fourth-order valence-electron chi connectivity index (χ4n) is 1.46. The summed E-state index contributed by atoms with van der Waals surface area (Å²) >= 11 is 0. The Morgan fingerprint density at radius 3 is 2.67 bits per heavy atom. The number of β-amino-alcohol motifs (C(OH)–C–C–N with tert-alkyl or cyclic N) is 1. The van der Waals surface area contributed by atoms with Gasteiger partial charge >= 0.3 is 6.09 Å². The summed E-state index contributed by atoms with van der Waals surface area (Å²) in [4.78, 5) is 11.3. The number of aliphatic hydroxyl groups excluding tert-OH is 1. The van der Waals surface area contributed by atoms with Gasteiger partial charge in [-0.1, -0.05) is 0 Å². The molecule has 1 heterocycles. The number of hydrogen-bond donors (Lipinski definition) is 3. The van der Waals surface area contributed by atoms with Crippen LogP contribution in [-0.2, 0) is 4.74 Å². The molecule has 0 bridgehead atoms. The van der Waals surface area contributed by atoms with E-state index in [0.717, 1.165) is 6.54 Å². The first kappa shape index (κ1) is 12.3. The van der Waals surface area contributed by atoms with Gasteiger partial charge < -0.3 is 20.5 Å². The molecule has 5 nitrogen and oxygen atoms in total. The number of rotatable bonds is 2. The molecule has 3 N–H and O–H groups in total. The number of aliphatic hydroxyl groups is 1. The van der Waals surface area contributed by atoms with Gasteiger partial charge in [0.15, 0.2) is 0 Å². The van der Waals surface area contributed by atoms with Gasteiger partial charge in [-0.2, -0.15) is 0 Å². The number of alkyl carbamates (subject to hydrolysis) is 1. The number of hydrogen-bond acceptors (Lipinski definition) is 4. The van der Waals surface area contributed by atoms with Crippen molar-refractivity contribution >= 4 is 6.09 Å². The van der Waals surface area contributed by atoms with E-state index in [4.69, 9.17) is 4.74 Å². The van der Waals surface area contributed by atoms with Crippen LogP contribution in [0.5, 0.6) is 0 Å². The van der Waals surface area contributed by atoms with E-state index in [2.05, 4.69) is 10.6 Å². The van der Waals surface area contributed by atoms with Crippen molar-refractivity contribution < 1.29 is 14.6 Å². The molecule has 0 spiro atoms. The summed E-state index contributed by atoms with van der Waals surface area (Å²) in [6.45, 7) is 7.23. The minimum Gasteiger partial charge on any atom is -0.444 e. The number of ether oxygens (including phenoxy) is 1. The first-order valence-corrected chi connectivity index (χ1v) is 5.24. The van der Waals surface area contributed by atoms with Gasteiger partial charge in [-0.25, -0.2) is 4.79 Å². The monoisotopic (exact) mass is 216 g/mol. The highest BCUT2D eigenvalue weighted by molar-refractivity contribution is 5.67. The number of amides is 1. The van der Waals surface area contributed by atoms with E-state index in [-0.39, 0.29) is 12.0 Å². The Labute approximate surface area is 90.2 Å². The maximum atomic E-state index is 11.3. The van der Waals surface area contributed by atoms with Gasteiger partial charge in [-0.15, -0.1) is 0 Å². The topological polar surface area (TPSA) is 70.6 Å². The minimum absolute atomic E-state index is 0.0810. The minimum atomic E-state index is -0.476. The van der Waals surface area contributed by atoms with E-state index in [1.807, 2.05) is 20.8 Å². The lowest BCUT2D eigenvalue weighted by Crippen LogP contribution is -2.38. The average Bonchev–Trinajstić information content (AvgIpc) is 2.44. The standard InChI is InChI=1S/C10H20N2O3/c1-10(2,3)15-9(14)12-5-7-4-11-6-8(7)13/h7-8,11,13H,4-6H2,1-3H3,(H,12,14)/t7-,8+/m1/s1. The maximum Gasteiger partial charge on any atom is 0.407 e. The van der Waals surface area contributed by atoms with Crippen LogP contribution in [0.3, 0.4) is 0 Å². The van der Waals surface area contributed by atoms with Crippen LogP contribution in [0.2, 0.25) is 0 Å². The molecule has 1 saturated heterocycles. The molecule has 0 aromatic carbocycles. The van der Waals surface area contributed by atoms with Gasteiger partial charge in [-0.05, 0) is 20.8 Å². The highest BCUT2D eigenvalue weighted by atomic mass is 16.6. The molecule has 0 saturated carbocycles. The Balaban J connectivity index is 2.22. The van der Waals surface area contributed by atoms with Crippen LogP contribution in [-0.4, -0.2) is 42.5 Å². The fraction of sp³-hybridized carbons (Fsp3) is 0.900. The molecule has 1 amide bonds. The van der Waals surface area contributed by atoms with Crippen molar-refractivity contribution in [3.8, 4) is 0 Å². The molecule has 0 aliphatic carbocycles. The van der Waals surface area contributed by atoms with Gasteiger partial charge in [0.05, 0.1) is 6.10 Å². The third-order valence-electron chi connectivity index (χ3n) is 2.21. The van der Waals surface area contributed by atoms with E-state index < -0.39 is 11.7 Å². The molecule has 0 aromatic heterocycles. The fourth-order valence-corrected chi connectivity index (χ4v) is 1.46. The van der Waals surface area contributed by atoms with Crippen molar-refractivity contribution in [1.29, 1.82) is 0 Å². The van der Waals surface area contributed by atoms with Crippen LogP contribution >= 0.6 is 0 Å². The molecule has 1 aliphatic rings. The summed E-state index contributed by atoms with van der Waals surface area (Å²) in [7, 11) is 0. The molecule has 88 valence electrons. The van der Waals surface area contributed by atoms with Crippen molar-refractivity contribution in [2.24, 2.45) is 5.92 Å². The van der Waals surface area contributed by atoms with Crippen molar-refractivity contribution in [2.75, 3.05) is 19.6 Å². The van der Waals surface area contributed by atoms with Crippen molar-refractivity contribution in [2.45, 2.75) is 32.5 Å². The second kappa shape index (κ2) is 4.81. The summed E-state index contributed by atoms with van der Waals surface area (Å²) in [5, 5.41) is 15.2. The van der Waals surface area contributed by atoms with Gasteiger partial charge in [0.2, 0.25) is 0 Å². The Hall–Kier alpha value is -0.810. The normalized spacial score (nSPS) is 26.4. The lowest BCUT2D eigenvalue weighted by Gasteiger charge is -2.21. The average molecular weight is 216 g/mol. The van der Waals surface area contributed by atoms with Crippen LogP contribution in [0.15, 0.2) is 0 Å². The number of carbonyl (C=O) groups is 1. The van der Waals surface area contributed by atoms with Crippen LogP contribution in [0.4, 0.5) is 4.79 Å². The molecule has 2 atom stereocenters. The van der Waals surface area contributed by atoms with E-state index >= 15 is 0 Å². The van der Waals surface area contributed by atoms with Crippen molar-refractivity contribution in [3.63, 3.8) is 0 Å². The summed E-state index contributed by atoms with van der Waals surface area (Å²) in [6.07, 6.45) is -0.804. The Morgan fingerprint density at radius 2 is 2.20 bits per heavy atom. The predicted molar refractivity (Wildman–Crippen MR) is 56.6 cm³/mol. The van der Waals surface area contributed by atoms with Crippen LogP contribution in [0, 0.1) is 5.92 Å². The highest BCUT2D eigenvalue weighted by Crippen LogP contribution is 2.09. The Bertz CT molecular complexity index is 225. The van der Waals surface area contributed by atoms with Gasteiger partial charge in [0.25, 0.3) is 0 Å². The molecule has 1 rings (SSSR count). The number of carbonyl (C=O) groups excluding carboxylic acids is 1. The van der Waals surface area contributed by atoms with E-state index in [0.29, 0.717) is 13.1 Å². The molecular formula is C10H20N2O3. The van der Waals surface area contributed by atoms with Gasteiger partial charge in [0.1, 0.15) is 5.60 Å². The lowest BCUT2D eigenvalue weighted by molar-refractivity contribution is 0.0505. The molecule has 0 unspecified atom stereocenters. The summed E-state index contributed by atoms with van der Waals surface area (Å²) in [5.74, 6) is 0.0810. The lowest BCUT2D eigenvalue weighted by atomic mass is 10.1. The number of nitrogens with one attached hydrogen (secondary N) is 2. The second-order valence-corrected chi connectivity index (χ2v) is 4.87. The highest BCUT2D eigenvalue weighted by Gasteiger charge is 2.25. The SMILES string of the molecule is CC(C)(C)OC(=O)NC[C@H]1CNC[C@@H]1O. The van der Waals surface area contributed by atoms with E-state index in [9.17, 15) is 9.90 Å². The second-order valence-electron chi connectivity index (χ2n) is 4.87. The van der Waals surface area contributed by atoms with Gasteiger partial charge in [0, 0.05) is 25.6 Å². The molecule has 0 aromatic rings. The third-order valence-corrected chi connectivity index (χ3v) is 2.21. The summed E-state index contributed by atoms with van der Waals surface area (Å²) < 4.78 is 5.08. The summed E-state index contributed by atoms with van der Waals surface area (Å²) in [5.41, 5.74) is -0.476. The van der Waals surface area contributed by atoms with Crippen LogP contribution in [0.25, 0.3) is 0 Å². The third kappa shape index (κ3) is 4.48. The van der Waals surface area contributed by atoms with Crippen LogP contribution < -0.4 is 10.6 Å². The predicted octanol–water partition coefficient (Wildman–Crippen LogP) is 0.0914. The maximum absolute atomic E-state index is 11.3. The largest absolute Gasteiger partial charge is 0.444 e. The first-order chi connectivity index (χ1) is 6.88. The Morgan fingerprint density at radius 1 is 1.53 bits per heavy atom. The molecule has 1 fully saturated rings. The smallest absolute Gasteiger partial charge is 0.407 e. The molecule has 1 aliphatic heterocycles. The zero-order chi connectivity index (χ0) is 11.5. The molecular weight excluding hydrogens is 196 g/mol. The zero-order valence-corrected chi connectivity index (χ0v) is 9.54. The van der Waals surface area contributed by atoms with Crippen molar-refractivity contribution in [3.05, 3.63) is 0 Å². The van der Waals surface area contributed by atoms with E-state index in [1.54, 1.807) is 0 Å².